The van der Waals surface area contributed by atoms with Crippen LogP contribution in [0.15, 0.2) is 0 Å². The summed E-state index contributed by atoms with van der Waals surface area (Å²) in [4.78, 5) is 70.2. The van der Waals surface area contributed by atoms with Gasteiger partial charge in [0.2, 0.25) is 23.6 Å². The lowest BCUT2D eigenvalue weighted by Crippen LogP contribution is -2.58. The first-order valence-corrected chi connectivity index (χ1v) is 10.9. The van der Waals surface area contributed by atoms with E-state index in [1.165, 1.54) is 11.8 Å². The molecular formula is C16H27N5O8S2. The number of thiol groups is 1. The third kappa shape index (κ3) is 11.4. The van der Waals surface area contributed by atoms with Gasteiger partial charge in [0.25, 0.3) is 0 Å². The molecule has 0 bridgehead atoms. The maximum absolute atomic E-state index is 12.7. The average Bonchev–Trinajstić information content (AvgIpc) is 2.66. The highest BCUT2D eigenvalue weighted by Crippen LogP contribution is 2.04. The minimum absolute atomic E-state index is 0.109. The number of thioether (sulfide) groups is 1. The number of hydrogen-bond donors (Lipinski definition) is 8. The van der Waals surface area contributed by atoms with Crippen LogP contribution in [0.3, 0.4) is 0 Å². The van der Waals surface area contributed by atoms with Crippen LogP contribution in [0.1, 0.15) is 19.3 Å². The zero-order valence-corrected chi connectivity index (χ0v) is 18.4. The standard InChI is InChI=1S/C16H27N5O8S2/c1-31-3-2-8(19-13(25)7(17)4-12(23)24)14(26)20-9(5-11(18)22)15(27)21-10(6-30)16(28)29/h7-10,30H,2-6,17H2,1H3,(H2,18,22)(H,19,25)(H,20,26)(H,21,27)(H,23,24)(H,28,29). The molecule has 176 valence electrons. The van der Waals surface area contributed by atoms with E-state index in [0.29, 0.717) is 5.75 Å². The van der Waals surface area contributed by atoms with Crippen LogP contribution in [-0.2, 0) is 28.8 Å². The molecule has 0 aliphatic carbocycles. The van der Waals surface area contributed by atoms with E-state index in [0.717, 1.165) is 0 Å². The predicted octanol–water partition coefficient (Wildman–Crippen LogP) is -3.11. The molecule has 15 heteroatoms. The molecule has 0 fully saturated rings. The third-order valence-corrected chi connectivity index (χ3v) is 4.82. The Balaban J connectivity index is 5.40. The van der Waals surface area contributed by atoms with E-state index in [2.05, 4.69) is 28.6 Å². The van der Waals surface area contributed by atoms with Crippen molar-refractivity contribution in [2.45, 2.75) is 43.4 Å². The van der Waals surface area contributed by atoms with E-state index in [4.69, 9.17) is 21.7 Å². The van der Waals surface area contributed by atoms with E-state index in [1.54, 1.807) is 6.26 Å². The predicted molar refractivity (Wildman–Crippen MR) is 114 cm³/mol. The van der Waals surface area contributed by atoms with Crippen molar-refractivity contribution in [1.29, 1.82) is 0 Å². The molecule has 13 nitrogen and oxygen atoms in total. The summed E-state index contributed by atoms with van der Waals surface area (Å²) >= 11 is 5.17. The van der Waals surface area contributed by atoms with Gasteiger partial charge >= 0.3 is 11.9 Å². The van der Waals surface area contributed by atoms with Crippen molar-refractivity contribution in [3.8, 4) is 0 Å². The van der Waals surface area contributed by atoms with Gasteiger partial charge in [0.1, 0.15) is 18.1 Å². The van der Waals surface area contributed by atoms with Gasteiger partial charge < -0.3 is 37.6 Å². The van der Waals surface area contributed by atoms with Gasteiger partial charge in [0.15, 0.2) is 0 Å². The summed E-state index contributed by atoms with van der Waals surface area (Å²) in [5, 5.41) is 24.5. The number of amides is 4. The van der Waals surface area contributed by atoms with Gasteiger partial charge in [-0.15, -0.1) is 0 Å². The molecule has 0 radical (unpaired) electrons. The number of carbonyl (C=O) groups excluding carboxylic acids is 4. The van der Waals surface area contributed by atoms with Gasteiger partial charge in [0.05, 0.1) is 18.9 Å². The zero-order valence-electron chi connectivity index (χ0n) is 16.7. The monoisotopic (exact) mass is 481 g/mol. The number of carbonyl (C=O) groups is 6. The van der Waals surface area contributed by atoms with Crippen molar-refractivity contribution in [2.75, 3.05) is 17.8 Å². The molecule has 0 aliphatic heterocycles. The summed E-state index contributed by atoms with van der Waals surface area (Å²) in [5.74, 6) is -6.16. The summed E-state index contributed by atoms with van der Waals surface area (Å²) in [6.45, 7) is 0. The maximum Gasteiger partial charge on any atom is 0.327 e. The summed E-state index contributed by atoms with van der Waals surface area (Å²) in [5.41, 5.74) is 10.6. The lowest BCUT2D eigenvalue weighted by molar-refractivity contribution is -0.141. The van der Waals surface area contributed by atoms with Crippen LogP contribution in [-0.4, -0.2) is 87.7 Å². The van der Waals surface area contributed by atoms with E-state index in [-0.39, 0.29) is 12.2 Å². The lowest BCUT2D eigenvalue weighted by atomic mass is 10.1. The quantitative estimate of drug-likeness (QED) is 0.110. The zero-order chi connectivity index (χ0) is 24.1. The fourth-order valence-electron chi connectivity index (χ4n) is 2.20. The second-order valence-electron chi connectivity index (χ2n) is 6.36. The largest absolute Gasteiger partial charge is 0.481 e. The first kappa shape index (κ1) is 28.5. The Hall–Kier alpha value is -2.52. The minimum Gasteiger partial charge on any atom is -0.481 e. The number of rotatable bonds is 15. The topological polar surface area (TPSA) is 231 Å². The van der Waals surface area contributed by atoms with Gasteiger partial charge in [-0.25, -0.2) is 4.79 Å². The summed E-state index contributed by atoms with van der Waals surface area (Å²) in [6.07, 6.45) is 0.575. The Morgan fingerprint density at radius 2 is 1.42 bits per heavy atom. The van der Waals surface area contributed by atoms with Crippen LogP contribution in [0.4, 0.5) is 0 Å². The van der Waals surface area contributed by atoms with Crippen LogP contribution in [0, 0.1) is 0 Å². The molecule has 4 atom stereocenters. The van der Waals surface area contributed by atoms with Crippen LogP contribution in [0.5, 0.6) is 0 Å². The molecule has 9 N–H and O–H groups in total. The van der Waals surface area contributed by atoms with Crippen LogP contribution >= 0.6 is 24.4 Å². The van der Waals surface area contributed by atoms with Crippen molar-refractivity contribution in [2.24, 2.45) is 11.5 Å². The number of primary amides is 1. The minimum atomic E-state index is -1.51. The molecule has 4 amide bonds. The van der Waals surface area contributed by atoms with Gasteiger partial charge in [-0.2, -0.15) is 24.4 Å². The highest BCUT2D eigenvalue weighted by molar-refractivity contribution is 7.98. The maximum atomic E-state index is 12.7. The molecule has 0 aromatic carbocycles. The van der Waals surface area contributed by atoms with Crippen LogP contribution in [0.2, 0.25) is 0 Å². The smallest absolute Gasteiger partial charge is 0.327 e. The first-order valence-electron chi connectivity index (χ1n) is 8.92. The first-order chi connectivity index (χ1) is 14.4. The number of carboxylic acids is 2. The molecule has 31 heavy (non-hydrogen) atoms. The van der Waals surface area contributed by atoms with Gasteiger partial charge in [-0.1, -0.05) is 0 Å². The Morgan fingerprint density at radius 3 is 1.87 bits per heavy atom. The van der Waals surface area contributed by atoms with Gasteiger partial charge in [-0.05, 0) is 18.4 Å². The van der Waals surface area contributed by atoms with E-state index in [1.807, 2.05) is 0 Å². The Bertz CT molecular complexity index is 693. The molecule has 0 aliphatic rings. The molecule has 4 unspecified atom stereocenters. The van der Waals surface area contributed by atoms with Crippen molar-refractivity contribution >= 4 is 60.0 Å². The van der Waals surface area contributed by atoms with Crippen molar-refractivity contribution in [3.05, 3.63) is 0 Å². The van der Waals surface area contributed by atoms with Crippen LogP contribution in [0.25, 0.3) is 0 Å². The highest BCUT2D eigenvalue weighted by Gasteiger charge is 2.31. The molecule has 0 heterocycles. The van der Waals surface area contributed by atoms with Crippen molar-refractivity contribution < 1.29 is 39.0 Å². The van der Waals surface area contributed by atoms with Crippen molar-refractivity contribution in [1.82, 2.24) is 16.0 Å². The molecule has 0 saturated heterocycles. The van der Waals surface area contributed by atoms with Crippen LogP contribution < -0.4 is 27.4 Å². The third-order valence-electron chi connectivity index (χ3n) is 3.81. The molecule has 0 spiro atoms. The lowest BCUT2D eigenvalue weighted by Gasteiger charge is -2.24. The second kappa shape index (κ2) is 14.5. The number of hydrogen-bond acceptors (Lipinski definition) is 9. The number of aliphatic carboxylic acids is 2. The molecule has 0 saturated carbocycles. The summed E-state index contributed by atoms with van der Waals surface area (Å²) < 4.78 is 0. The summed E-state index contributed by atoms with van der Waals surface area (Å²) in [6, 6.07) is -5.47. The number of nitrogens with one attached hydrogen (secondary N) is 3. The van der Waals surface area contributed by atoms with E-state index in [9.17, 15) is 28.8 Å². The Morgan fingerprint density at radius 1 is 0.903 bits per heavy atom. The van der Waals surface area contributed by atoms with Crippen molar-refractivity contribution in [3.63, 3.8) is 0 Å². The van der Waals surface area contributed by atoms with Gasteiger partial charge in [-0.3, -0.25) is 24.0 Å². The number of carboxylic acid groups (broad SMARTS) is 2. The fraction of sp³-hybridized carbons (Fsp3) is 0.625. The Kier molecular flexibility index (Phi) is 13.3. The van der Waals surface area contributed by atoms with E-state index >= 15 is 0 Å². The van der Waals surface area contributed by atoms with Gasteiger partial charge in [0, 0.05) is 5.75 Å². The molecule has 0 rings (SSSR count). The second-order valence-corrected chi connectivity index (χ2v) is 7.71. The molecule has 0 aromatic rings. The van der Waals surface area contributed by atoms with E-state index < -0.39 is 72.6 Å². The molecular weight excluding hydrogens is 454 g/mol. The fourth-order valence-corrected chi connectivity index (χ4v) is 2.92. The Labute approximate surface area is 187 Å². The molecule has 0 aromatic heterocycles. The number of nitrogens with two attached hydrogens (primary N) is 2. The normalized spacial score (nSPS) is 14.4. The highest BCUT2D eigenvalue weighted by atomic mass is 32.2. The summed E-state index contributed by atoms with van der Waals surface area (Å²) in [7, 11) is 0. The SMILES string of the molecule is CSCCC(NC(=O)C(N)CC(=O)O)C(=O)NC(CC(N)=O)C(=O)NC(CS)C(=O)O. The average molecular weight is 482 g/mol.